The van der Waals surface area contributed by atoms with E-state index in [1.165, 1.54) is 64.2 Å². The van der Waals surface area contributed by atoms with Gasteiger partial charge in [0.1, 0.15) is 13.2 Å². The van der Waals surface area contributed by atoms with Gasteiger partial charge in [-0.2, -0.15) is 0 Å². The van der Waals surface area contributed by atoms with Crippen LogP contribution in [-0.4, -0.2) is 37.2 Å². The molecule has 0 aliphatic heterocycles. The van der Waals surface area contributed by atoms with Gasteiger partial charge in [-0.15, -0.1) is 0 Å². The monoisotopic (exact) mass is 899 g/mol. The maximum absolute atomic E-state index is 12.8. The summed E-state index contributed by atoms with van der Waals surface area (Å²) in [6.07, 6.45) is 72.0. The molecule has 0 aromatic heterocycles. The third kappa shape index (κ3) is 50.7. The van der Waals surface area contributed by atoms with Gasteiger partial charge in [-0.3, -0.25) is 14.4 Å². The van der Waals surface area contributed by atoms with Crippen molar-refractivity contribution in [2.45, 2.75) is 219 Å². The van der Waals surface area contributed by atoms with E-state index in [9.17, 15) is 14.4 Å². The summed E-state index contributed by atoms with van der Waals surface area (Å²) in [7, 11) is 0. The van der Waals surface area contributed by atoms with Gasteiger partial charge in [0.25, 0.3) is 0 Å². The van der Waals surface area contributed by atoms with Crippen LogP contribution in [0.25, 0.3) is 0 Å². The van der Waals surface area contributed by atoms with E-state index in [1.54, 1.807) is 0 Å². The van der Waals surface area contributed by atoms with Crippen LogP contribution in [0.15, 0.2) is 122 Å². The maximum atomic E-state index is 12.8. The van der Waals surface area contributed by atoms with Crippen molar-refractivity contribution in [1.29, 1.82) is 0 Å². The van der Waals surface area contributed by atoms with Crippen LogP contribution >= 0.6 is 0 Å². The summed E-state index contributed by atoms with van der Waals surface area (Å²) in [5, 5.41) is 0. The molecule has 0 aliphatic rings. The summed E-state index contributed by atoms with van der Waals surface area (Å²) in [6.45, 7) is 6.29. The van der Waals surface area contributed by atoms with Crippen molar-refractivity contribution in [3.05, 3.63) is 122 Å². The van der Waals surface area contributed by atoms with E-state index < -0.39 is 6.10 Å². The molecule has 0 spiro atoms. The number of ether oxygens (including phenoxy) is 3. The number of rotatable bonds is 45. The van der Waals surface area contributed by atoms with Crippen molar-refractivity contribution in [3.8, 4) is 0 Å². The second-order valence-electron chi connectivity index (χ2n) is 16.7. The highest BCUT2D eigenvalue weighted by Crippen LogP contribution is 2.14. The summed E-state index contributed by atoms with van der Waals surface area (Å²) in [4.78, 5) is 38.0. The number of carbonyl (C=O) groups is 3. The molecule has 366 valence electrons. The lowest BCUT2D eigenvalue weighted by Crippen LogP contribution is -2.30. The van der Waals surface area contributed by atoms with Crippen molar-refractivity contribution in [3.63, 3.8) is 0 Å². The van der Waals surface area contributed by atoms with Crippen LogP contribution in [-0.2, 0) is 28.6 Å². The number of hydrogen-bond acceptors (Lipinski definition) is 6. The minimum Gasteiger partial charge on any atom is -0.462 e. The molecule has 0 bridgehead atoms. The molecule has 0 aromatic carbocycles. The van der Waals surface area contributed by atoms with E-state index in [0.29, 0.717) is 25.7 Å². The lowest BCUT2D eigenvalue weighted by Gasteiger charge is -2.18. The molecule has 0 fully saturated rings. The largest absolute Gasteiger partial charge is 0.462 e. The topological polar surface area (TPSA) is 78.9 Å². The molecular weight excluding hydrogens is 805 g/mol. The van der Waals surface area contributed by atoms with Gasteiger partial charge in [-0.1, -0.05) is 219 Å². The fourth-order valence-electron chi connectivity index (χ4n) is 6.63. The van der Waals surface area contributed by atoms with E-state index >= 15 is 0 Å². The number of allylic oxidation sites excluding steroid dienone is 20. The first-order valence-electron chi connectivity index (χ1n) is 26.0. The molecule has 0 heterocycles. The normalized spacial score (nSPS) is 13.1. The van der Waals surface area contributed by atoms with Crippen molar-refractivity contribution < 1.29 is 28.6 Å². The molecule has 0 saturated carbocycles. The highest BCUT2D eigenvalue weighted by molar-refractivity contribution is 5.71. The molecule has 1 atom stereocenters. The lowest BCUT2D eigenvalue weighted by atomic mass is 10.0. The van der Waals surface area contributed by atoms with Crippen LogP contribution < -0.4 is 0 Å². The number of unbranched alkanes of at least 4 members (excludes halogenated alkanes) is 14. The van der Waals surface area contributed by atoms with Crippen LogP contribution in [0.2, 0.25) is 0 Å². The Labute approximate surface area is 399 Å². The van der Waals surface area contributed by atoms with Gasteiger partial charge in [0.2, 0.25) is 0 Å². The fraction of sp³-hybridized carbons (Fsp3) is 0.610. The Kier molecular flexibility index (Phi) is 49.1. The number of hydrogen-bond donors (Lipinski definition) is 0. The van der Waals surface area contributed by atoms with Crippen molar-refractivity contribution in [2.75, 3.05) is 13.2 Å². The molecule has 0 aliphatic carbocycles. The van der Waals surface area contributed by atoms with Gasteiger partial charge in [0.15, 0.2) is 6.10 Å². The predicted octanol–water partition coefficient (Wildman–Crippen LogP) is 17.3. The second-order valence-corrected chi connectivity index (χ2v) is 16.7. The van der Waals surface area contributed by atoms with Crippen LogP contribution in [0.1, 0.15) is 213 Å². The quantitative estimate of drug-likeness (QED) is 0.0262. The highest BCUT2D eigenvalue weighted by atomic mass is 16.6. The van der Waals surface area contributed by atoms with Gasteiger partial charge < -0.3 is 14.2 Å². The average Bonchev–Trinajstić information content (AvgIpc) is 3.30. The molecule has 6 heteroatoms. The van der Waals surface area contributed by atoms with Gasteiger partial charge in [-0.25, -0.2) is 0 Å². The Morgan fingerprint density at radius 1 is 0.323 bits per heavy atom. The summed E-state index contributed by atoms with van der Waals surface area (Å²) in [5.41, 5.74) is 0. The summed E-state index contributed by atoms with van der Waals surface area (Å²) < 4.78 is 16.7. The molecule has 0 N–H and O–H groups in total. The lowest BCUT2D eigenvalue weighted by molar-refractivity contribution is -0.166. The first-order valence-corrected chi connectivity index (χ1v) is 26.0. The molecule has 0 saturated heterocycles. The Bertz CT molecular complexity index is 1400. The van der Waals surface area contributed by atoms with Crippen LogP contribution in [0.3, 0.4) is 0 Å². The summed E-state index contributed by atoms with van der Waals surface area (Å²) >= 11 is 0. The van der Waals surface area contributed by atoms with E-state index in [-0.39, 0.29) is 37.5 Å². The molecule has 0 unspecified atom stereocenters. The second kappa shape index (κ2) is 52.4. The molecule has 65 heavy (non-hydrogen) atoms. The molecule has 0 rings (SSSR count). The third-order valence-electron chi connectivity index (χ3n) is 10.5. The van der Waals surface area contributed by atoms with E-state index in [1.807, 2.05) is 12.2 Å². The fourth-order valence-corrected chi connectivity index (χ4v) is 6.63. The summed E-state index contributed by atoms with van der Waals surface area (Å²) in [5.74, 6) is -1.05. The van der Waals surface area contributed by atoms with Gasteiger partial charge in [-0.05, 0) is 96.3 Å². The Morgan fingerprint density at radius 2 is 0.631 bits per heavy atom. The smallest absolute Gasteiger partial charge is 0.306 e. The predicted molar refractivity (Wildman–Crippen MR) is 279 cm³/mol. The van der Waals surface area contributed by atoms with E-state index in [4.69, 9.17) is 14.2 Å². The van der Waals surface area contributed by atoms with Crippen molar-refractivity contribution in [2.24, 2.45) is 0 Å². The third-order valence-corrected chi connectivity index (χ3v) is 10.5. The summed E-state index contributed by atoms with van der Waals surface area (Å²) in [6, 6.07) is 0. The first-order chi connectivity index (χ1) is 32.0. The standard InChI is InChI=1S/C59H94O6/c1-4-7-10-13-16-19-22-25-27-28-29-30-32-35-37-40-43-46-49-52-58(61)64-55-56(65-59(62)53-50-47-44-41-38-33-24-21-18-15-12-9-6-3)54-63-57(60)51-48-45-42-39-36-34-31-26-23-20-17-14-11-8-5-2/h7-8,10-11,16-17,19-20,25-27,29-31,35-37,39,43,46,56H,4-6,9,12-15,18,21-24,28,32-34,38,40-42,44-45,47-55H2,1-3H3/b10-7-,11-8-,19-16-,20-17-,27-25-,30-29-,31-26-,37-35-,39-36-,46-43-/t56-/m0/s1. The average molecular weight is 899 g/mol. The molecule has 0 amide bonds. The highest BCUT2D eigenvalue weighted by Gasteiger charge is 2.19. The SMILES string of the molecule is CC/C=C\C/C=C\C/C=C\C/C=C\C/C=C\C/C=C\CCC(=O)OC[C@H](COC(=O)CCCC/C=C\C/C=C\C/C=C\C/C=C\CC)OC(=O)CCCCCCCCCCCCCCC. The molecular formula is C59H94O6. The molecule has 0 radical (unpaired) electrons. The Hall–Kier alpha value is -4.19. The zero-order valence-electron chi connectivity index (χ0n) is 41.7. The zero-order chi connectivity index (χ0) is 47.2. The van der Waals surface area contributed by atoms with E-state index in [0.717, 1.165) is 96.3 Å². The molecule has 0 aromatic rings. The van der Waals surface area contributed by atoms with Crippen LogP contribution in [0.5, 0.6) is 0 Å². The number of esters is 3. The minimum atomic E-state index is -0.826. The first kappa shape index (κ1) is 60.8. The Morgan fingerprint density at radius 3 is 1.03 bits per heavy atom. The maximum Gasteiger partial charge on any atom is 0.306 e. The van der Waals surface area contributed by atoms with Crippen molar-refractivity contribution in [1.82, 2.24) is 0 Å². The number of carbonyl (C=O) groups excluding carboxylic acids is 3. The van der Waals surface area contributed by atoms with Gasteiger partial charge >= 0.3 is 17.9 Å². The van der Waals surface area contributed by atoms with E-state index in [2.05, 4.69) is 130 Å². The van der Waals surface area contributed by atoms with Crippen LogP contribution in [0, 0.1) is 0 Å². The van der Waals surface area contributed by atoms with Crippen LogP contribution in [0.4, 0.5) is 0 Å². The zero-order valence-corrected chi connectivity index (χ0v) is 41.7. The Balaban J connectivity index is 4.57. The molecule has 6 nitrogen and oxygen atoms in total. The van der Waals surface area contributed by atoms with Gasteiger partial charge in [0.05, 0.1) is 0 Å². The van der Waals surface area contributed by atoms with Gasteiger partial charge in [0, 0.05) is 19.3 Å². The van der Waals surface area contributed by atoms with Crippen molar-refractivity contribution >= 4 is 17.9 Å². The minimum absolute atomic E-state index is 0.125.